The van der Waals surface area contributed by atoms with Gasteiger partial charge in [-0.05, 0) is 44.9 Å². The average Bonchev–Trinajstić information content (AvgIpc) is 3.14. The molecule has 1 unspecified atom stereocenters. The second kappa shape index (κ2) is 11.3. The van der Waals surface area contributed by atoms with E-state index in [-0.39, 0.29) is 17.9 Å². The molecule has 3 N–H and O–H groups in total. The fourth-order valence-corrected chi connectivity index (χ4v) is 3.75. The van der Waals surface area contributed by atoms with Crippen LogP contribution in [0.15, 0.2) is 29.3 Å². The maximum absolute atomic E-state index is 12.0. The van der Waals surface area contributed by atoms with E-state index < -0.39 is 0 Å². The Morgan fingerprint density at radius 3 is 2.77 bits per heavy atom. The van der Waals surface area contributed by atoms with Crippen LogP contribution in [0.1, 0.15) is 56.2 Å². The number of esters is 1. The number of amides is 1. The van der Waals surface area contributed by atoms with Crippen LogP contribution in [0.25, 0.3) is 0 Å². The summed E-state index contributed by atoms with van der Waals surface area (Å²) in [4.78, 5) is 33.1. The number of rotatable bonds is 8. The number of aliphatic imine (C=N–C) groups is 1. The lowest BCUT2D eigenvalue weighted by Gasteiger charge is -2.16. The predicted octanol–water partition coefficient (Wildman–Crippen LogP) is 2.46. The van der Waals surface area contributed by atoms with Gasteiger partial charge in [-0.25, -0.2) is 9.78 Å². The molecule has 9 heteroatoms. The molecule has 0 aliphatic rings. The van der Waals surface area contributed by atoms with Crippen LogP contribution in [0.3, 0.4) is 0 Å². The fraction of sp³-hybridized carbons (Fsp3) is 0.429. The van der Waals surface area contributed by atoms with Crippen molar-refractivity contribution in [3.63, 3.8) is 0 Å². The molecule has 0 saturated heterocycles. The number of aryl methyl sites for hydroxylation is 1. The van der Waals surface area contributed by atoms with Crippen LogP contribution in [0.2, 0.25) is 0 Å². The molecule has 0 aliphatic carbocycles. The summed E-state index contributed by atoms with van der Waals surface area (Å²) in [5.74, 6) is 0.194. The Morgan fingerprint density at radius 2 is 2.10 bits per heavy atom. The van der Waals surface area contributed by atoms with Crippen molar-refractivity contribution in [3.05, 3.63) is 51.0 Å². The van der Waals surface area contributed by atoms with Crippen LogP contribution in [0.4, 0.5) is 0 Å². The highest BCUT2D eigenvalue weighted by Gasteiger charge is 2.20. The lowest BCUT2D eigenvalue weighted by molar-refractivity contribution is 0.0531. The third-order valence-corrected chi connectivity index (χ3v) is 5.66. The van der Waals surface area contributed by atoms with E-state index in [0.717, 1.165) is 17.0 Å². The van der Waals surface area contributed by atoms with E-state index in [9.17, 15) is 9.59 Å². The summed E-state index contributed by atoms with van der Waals surface area (Å²) >= 11 is 1.33. The van der Waals surface area contributed by atoms with Crippen molar-refractivity contribution < 1.29 is 14.3 Å². The van der Waals surface area contributed by atoms with Crippen molar-refractivity contribution in [1.29, 1.82) is 0 Å². The molecular weight excluding hydrogens is 402 g/mol. The first-order chi connectivity index (χ1) is 14.4. The molecule has 2 rings (SSSR count). The molecule has 0 spiro atoms. The van der Waals surface area contributed by atoms with Gasteiger partial charge in [0.1, 0.15) is 9.88 Å². The van der Waals surface area contributed by atoms with Crippen LogP contribution in [-0.4, -0.2) is 50.1 Å². The molecular formula is C21H29N5O3S. The van der Waals surface area contributed by atoms with Gasteiger partial charge in [0.2, 0.25) is 0 Å². The Balaban J connectivity index is 1.92. The minimum absolute atomic E-state index is 0.1000. The van der Waals surface area contributed by atoms with Crippen molar-refractivity contribution in [1.82, 2.24) is 20.9 Å². The van der Waals surface area contributed by atoms with Gasteiger partial charge in [-0.15, -0.1) is 11.3 Å². The maximum Gasteiger partial charge on any atom is 0.350 e. The van der Waals surface area contributed by atoms with E-state index in [1.54, 1.807) is 34.0 Å². The molecule has 0 fully saturated rings. The first-order valence-corrected chi connectivity index (χ1v) is 10.6. The van der Waals surface area contributed by atoms with Gasteiger partial charge in [-0.2, -0.15) is 0 Å². The number of aromatic nitrogens is 1. The summed E-state index contributed by atoms with van der Waals surface area (Å²) < 4.78 is 5.08. The standard InChI is InChI=1S/C21H29N5O3S/c1-6-29-20(28)17-13(2)25-19(30-17)14(3)26-21(23-5)24-11-10-15-8-7-9-16(12-15)18(27)22-4/h7-9,12,14H,6,10-11H2,1-5H3,(H,22,27)(H2,23,24,26). The van der Waals surface area contributed by atoms with E-state index >= 15 is 0 Å². The number of nitrogens with one attached hydrogen (secondary N) is 3. The zero-order valence-electron chi connectivity index (χ0n) is 18.0. The second-order valence-corrected chi connectivity index (χ2v) is 7.61. The molecule has 30 heavy (non-hydrogen) atoms. The minimum Gasteiger partial charge on any atom is -0.462 e. The summed E-state index contributed by atoms with van der Waals surface area (Å²) in [6, 6.07) is 7.41. The lowest BCUT2D eigenvalue weighted by Crippen LogP contribution is -2.39. The van der Waals surface area contributed by atoms with Crippen LogP contribution in [0.5, 0.6) is 0 Å². The molecule has 0 bridgehead atoms. The predicted molar refractivity (Wildman–Crippen MR) is 119 cm³/mol. The zero-order chi connectivity index (χ0) is 22.1. The van der Waals surface area contributed by atoms with Gasteiger partial charge in [0.15, 0.2) is 5.96 Å². The number of hydrogen-bond acceptors (Lipinski definition) is 6. The van der Waals surface area contributed by atoms with Gasteiger partial charge in [0.05, 0.1) is 18.3 Å². The molecule has 1 atom stereocenters. The maximum atomic E-state index is 12.0. The van der Waals surface area contributed by atoms with Crippen LogP contribution < -0.4 is 16.0 Å². The second-order valence-electron chi connectivity index (χ2n) is 6.58. The summed E-state index contributed by atoms with van der Waals surface area (Å²) in [5.41, 5.74) is 2.37. The van der Waals surface area contributed by atoms with Crippen molar-refractivity contribution in [3.8, 4) is 0 Å². The molecule has 1 aromatic carbocycles. The quantitative estimate of drug-likeness (QED) is 0.337. The van der Waals surface area contributed by atoms with Crippen molar-refractivity contribution in [2.24, 2.45) is 4.99 Å². The van der Waals surface area contributed by atoms with Gasteiger partial charge in [-0.3, -0.25) is 9.79 Å². The van der Waals surface area contributed by atoms with E-state index in [1.165, 1.54) is 11.3 Å². The Kier molecular flexibility index (Phi) is 8.79. The monoisotopic (exact) mass is 431 g/mol. The van der Waals surface area contributed by atoms with Gasteiger partial charge < -0.3 is 20.7 Å². The van der Waals surface area contributed by atoms with Gasteiger partial charge in [-0.1, -0.05) is 12.1 Å². The first-order valence-electron chi connectivity index (χ1n) is 9.82. The number of benzene rings is 1. The number of nitrogens with zero attached hydrogens (tertiary/aromatic N) is 2. The van der Waals surface area contributed by atoms with Crippen molar-refractivity contribution in [2.75, 3.05) is 27.2 Å². The summed E-state index contributed by atoms with van der Waals surface area (Å²) in [6.07, 6.45) is 0.739. The number of ether oxygens (including phenoxy) is 1. The summed E-state index contributed by atoms with van der Waals surface area (Å²) in [5, 5.41) is 9.98. The number of thiazole rings is 1. The highest BCUT2D eigenvalue weighted by Crippen LogP contribution is 2.24. The molecule has 1 amide bonds. The Labute approximate surface area is 181 Å². The number of carbonyl (C=O) groups is 2. The topological polar surface area (TPSA) is 105 Å². The number of hydrogen-bond donors (Lipinski definition) is 3. The molecule has 0 saturated carbocycles. The highest BCUT2D eigenvalue weighted by molar-refractivity contribution is 7.13. The molecule has 8 nitrogen and oxygen atoms in total. The Hall–Kier alpha value is -2.94. The summed E-state index contributed by atoms with van der Waals surface area (Å²) in [6.45, 7) is 6.53. The zero-order valence-corrected chi connectivity index (χ0v) is 18.9. The minimum atomic E-state index is -0.340. The average molecular weight is 432 g/mol. The van der Waals surface area contributed by atoms with E-state index in [4.69, 9.17) is 4.74 Å². The molecule has 0 aliphatic heterocycles. The van der Waals surface area contributed by atoms with Gasteiger partial charge in [0.25, 0.3) is 5.91 Å². The Morgan fingerprint density at radius 1 is 1.33 bits per heavy atom. The van der Waals surface area contributed by atoms with E-state index in [1.807, 2.05) is 25.1 Å². The third-order valence-electron chi connectivity index (χ3n) is 4.34. The van der Waals surface area contributed by atoms with Crippen LogP contribution in [-0.2, 0) is 11.2 Å². The lowest BCUT2D eigenvalue weighted by atomic mass is 10.1. The normalized spacial score (nSPS) is 12.2. The highest BCUT2D eigenvalue weighted by atomic mass is 32.1. The molecule has 0 radical (unpaired) electrons. The van der Waals surface area contributed by atoms with Crippen LogP contribution >= 0.6 is 11.3 Å². The smallest absolute Gasteiger partial charge is 0.350 e. The van der Waals surface area contributed by atoms with Gasteiger partial charge >= 0.3 is 5.97 Å². The van der Waals surface area contributed by atoms with Gasteiger partial charge in [0, 0.05) is 26.2 Å². The van der Waals surface area contributed by atoms with Crippen LogP contribution in [0, 0.1) is 6.92 Å². The largest absolute Gasteiger partial charge is 0.462 e. The Bertz CT molecular complexity index is 910. The number of carbonyl (C=O) groups excluding carboxylic acids is 2. The van der Waals surface area contributed by atoms with E-state index in [2.05, 4.69) is 25.9 Å². The number of guanidine groups is 1. The molecule has 162 valence electrons. The fourth-order valence-electron chi connectivity index (χ4n) is 2.79. The van der Waals surface area contributed by atoms with E-state index in [0.29, 0.717) is 35.2 Å². The molecule has 1 heterocycles. The molecule has 2 aromatic rings. The van der Waals surface area contributed by atoms with Crippen molar-refractivity contribution >= 4 is 29.2 Å². The van der Waals surface area contributed by atoms with Crippen molar-refractivity contribution in [2.45, 2.75) is 33.2 Å². The first kappa shape index (κ1) is 23.3. The third kappa shape index (κ3) is 6.28. The summed E-state index contributed by atoms with van der Waals surface area (Å²) in [7, 11) is 3.32. The molecule has 1 aromatic heterocycles. The SMILES string of the molecule is CCOC(=O)c1sc(C(C)NC(=NC)NCCc2cccc(C(=O)NC)c2)nc1C.